The van der Waals surface area contributed by atoms with Crippen LogP contribution in [0.4, 0.5) is 5.69 Å². The van der Waals surface area contributed by atoms with Crippen molar-refractivity contribution in [1.82, 2.24) is 14.9 Å². The van der Waals surface area contributed by atoms with Gasteiger partial charge in [0.1, 0.15) is 5.75 Å². The molecular formula is C17H15ClN6O3S. The van der Waals surface area contributed by atoms with E-state index >= 15 is 0 Å². The number of nitro groups is 1. The van der Waals surface area contributed by atoms with Gasteiger partial charge in [0.15, 0.2) is 5.82 Å². The summed E-state index contributed by atoms with van der Waals surface area (Å²) in [5, 5.41) is 22.2. The molecule has 0 atom stereocenters. The first-order chi connectivity index (χ1) is 13.5. The number of rotatable bonds is 7. The average Bonchev–Trinajstić information content (AvgIpc) is 3.04. The number of hydrogen-bond donors (Lipinski definition) is 2. The van der Waals surface area contributed by atoms with Crippen LogP contribution in [0.5, 0.6) is 5.75 Å². The summed E-state index contributed by atoms with van der Waals surface area (Å²) in [6.07, 6.45) is 1.37. The van der Waals surface area contributed by atoms with Crippen molar-refractivity contribution in [2.24, 2.45) is 5.10 Å². The summed E-state index contributed by atoms with van der Waals surface area (Å²) in [6.45, 7) is 2.49. The third-order valence-corrected chi connectivity index (χ3v) is 4.27. The number of nitrogens with one attached hydrogen (secondary N) is 2. The lowest BCUT2D eigenvalue weighted by molar-refractivity contribution is -0.384. The van der Waals surface area contributed by atoms with Gasteiger partial charge in [0.05, 0.1) is 17.7 Å². The van der Waals surface area contributed by atoms with Crippen LogP contribution in [-0.4, -0.2) is 32.6 Å². The molecule has 0 fully saturated rings. The van der Waals surface area contributed by atoms with Crippen LogP contribution in [0, 0.1) is 14.9 Å². The summed E-state index contributed by atoms with van der Waals surface area (Å²) in [6, 6.07) is 11.4. The third kappa shape index (κ3) is 4.35. The molecule has 0 unspecified atom stereocenters. The summed E-state index contributed by atoms with van der Waals surface area (Å²) in [5.74, 6) is 1.26. The zero-order valence-corrected chi connectivity index (χ0v) is 16.2. The Balaban J connectivity index is 1.83. The van der Waals surface area contributed by atoms with Crippen molar-refractivity contribution < 1.29 is 9.66 Å². The largest absolute Gasteiger partial charge is 0.494 e. The average molecular weight is 419 g/mol. The Morgan fingerprint density at radius 3 is 2.82 bits per heavy atom. The van der Waals surface area contributed by atoms with Crippen LogP contribution in [0.15, 0.2) is 47.6 Å². The summed E-state index contributed by atoms with van der Waals surface area (Å²) in [5.41, 5.74) is 3.84. The van der Waals surface area contributed by atoms with E-state index in [-0.39, 0.29) is 5.69 Å². The van der Waals surface area contributed by atoms with Crippen molar-refractivity contribution in [1.29, 1.82) is 0 Å². The molecule has 28 heavy (non-hydrogen) atoms. The van der Waals surface area contributed by atoms with Crippen LogP contribution in [0.3, 0.4) is 0 Å². The molecule has 9 nitrogen and oxygen atoms in total. The van der Waals surface area contributed by atoms with Crippen LogP contribution >= 0.6 is 23.8 Å². The van der Waals surface area contributed by atoms with Gasteiger partial charge in [0.25, 0.3) is 5.69 Å². The highest BCUT2D eigenvalue weighted by atomic mass is 35.5. The first kappa shape index (κ1) is 19.5. The predicted octanol–water partition coefficient (Wildman–Crippen LogP) is 4.15. The molecule has 1 heterocycles. The molecule has 1 aromatic heterocycles. The van der Waals surface area contributed by atoms with Gasteiger partial charge in [0, 0.05) is 28.3 Å². The number of hydrazone groups is 1. The standard InChI is InChI=1S/C17H15ClN6O3S/c1-2-27-14-6-3-11(4-7-14)16-20-21-17(28)23(16)22-19-10-12-9-13(24(25)26)5-8-15(12)18/h3-10,22H,2H2,1H3,(H,21,28)/b19-10-. The summed E-state index contributed by atoms with van der Waals surface area (Å²) < 4.78 is 7.19. The van der Waals surface area contributed by atoms with Crippen LogP contribution in [0.25, 0.3) is 11.4 Å². The number of hydrogen-bond acceptors (Lipinski definition) is 7. The number of H-pyrrole nitrogens is 1. The molecule has 0 spiro atoms. The van der Waals surface area contributed by atoms with E-state index in [1.54, 1.807) is 0 Å². The summed E-state index contributed by atoms with van der Waals surface area (Å²) >= 11 is 11.3. The maximum atomic E-state index is 10.9. The highest BCUT2D eigenvalue weighted by molar-refractivity contribution is 7.71. The number of benzene rings is 2. The zero-order chi connectivity index (χ0) is 20.1. The molecule has 3 aromatic rings. The Morgan fingerprint density at radius 2 is 2.14 bits per heavy atom. The van der Waals surface area contributed by atoms with Crippen molar-refractivity contribution in [3.05, 3.63) is 67.9 Å². The second-order valence-electron chi connectivity index (χ2n) is 5.47. The fraction of sp³-hybridized carbons (Fsp3) is 0.118. The van der Waals surface area contributed by atoms with Crippen LogP contribution in [0.2, 0.25) is 5.02 Å². The summed E-state index contributed by atoms with van der Waals surface area (Å²) in [4.78, 5) is 10.4. The Kier molecular flexibility index (Phi) is 6.02. The van der Waals surface area contributed by atoms with Gasteiger partial charge in [-0.25, -0.2) is 10.6 Å². The van der Waals surface area contributed by atoms with E-state index in [0.29, 0.717) is 27.8 Å². The fourth-order valence-electron chi connectivity index (χ4n) is 2.35. The molecule has 2 N–H and O–H groups in total. The maximum Gasteiger partial charge on any atom is 0.270 e. The highest BCUT2D eigenvalue weighted by Crippen LogP contribution is 2.22. The number of halogens is 1. The smallest absolute Gasteiger partial charge is 0.270 e. The lowest BCUT2D eigenvalue weighted by Crippen LogP contribution is -2.10. The number of non-ortho nitro benzene ring substituents is 1. The Morgan fingerprint density at radius 1 is 1.39 bits per heavy atom. The topological polar surface area (TPSA) is 110 Å². The molecule has 0 bridgehead atoms. The van der Waals surface area contributed by atoms with E-state index in [4.69, 9.17) is 28.6 Å². The Hall–Kier alpha value is -3.24. The molecule has 11 heteroatoms. The normalized spacial score (nSPS) is 10.9. The van der Waals surface area contributed by atoms with Gasteiger partial charge >= 0.3 is 0 Å². The molecule has 2 aromatic carbocycles. The predicted molar refractivity (Wildman–Crippen MR) is 109 cm³/mol. The second-order valence-corrected chi connectivity index (χ2v) is 6.26. The number of nitro benzene ring substituents is 1. The van der Waals surface area contributed by atoms with Gasteiger partial charge in [-0.3, -0.25) is 10.1 Å². The van der Waals surface area contributed by atoms with Crippen molar-refractivity contribution in [3.8, 4) is 17.1 Å². The van der Waals surface area contributed by atoms with Crippen molar-refractivity contribution in [3.63, 3.8) is 0 Å². The maximum absolute atomic E-state index is 10.9. The van der Waals surface area contributed by atoms with Gasteiger partial charge in [-0.1, -0.05) is 11.6 Å². The van der Waals surface area contributed by atoms with E-state index in [0.717, 1.165) is 11.3 Å². The van der Waals surface area contributed by atoms with Crippen LogP contribution < -0.4 is 10.3 Å². The Bertz CT molecular complexity index is 1080. The van der Waals surface area contributed by atoms with Gasteiger partial charge < -0.3 is 4.74 Å². The molecule has 0 aliphatic heterocycles. The van der Waals surface area contributed by atoms with Crippen molar-refractivity contribution in [2.45, 2.75) is 6.92 Å². The molecular weight excluding hydrogens is 404 g/mol. The van der Waals surface area contributed by atoms with E-state index in [1.165, 1.54) is 29.1 Å². The van der Waals surface area contributed by atoms with Gasteiger partial charge in [-0.15, -0.1) is 0 Å². The number of nitrogens with zero attached hydrogens (tertiary/aromatic N) is 4. The molecule has 0 radical (unpaired) electrons. The molecule has 0 aliphatic carbocycles. The monoisotopic (exact) mass is 418 g/mol. The van der Waals surface area contributed by atoms with E-state index in [1.807, 2.05) is 31.2 Å². The van der Waals surface area contributed by atoms with E-state index in [9.17, 15) is 10.1 Å². The molecule has 144 valence electrons. The third-order valence-electron chi connectivity index (χ3n) is 3.65. The number of aromatic nitrogens is 3. The molecule has 0 saturated carbocycles. The van der Waals surface area contributed by atoms with Gasteiger partial charge in [-0.2, -0.15) is 14.9 Å². The molecule has 0 amide bonds. The highest BCUT2D eigenvalue weighted by Gasteiger charge is 2.10. The number of ether oxygens (including phenoxy) is 1. The second kappa shape index (κ2) is 8.63. The van der Waals surface area contributed by atoms with E-state index < -0.39 is 4.92 Å². The Labute approximate surface area is 169 Å². The van der Waals surface area contributed by atoms with Gasteiger partial charge in [-0.05, 0) is 49.5 Å². The van der Waals surface area contributed by atoms with Crippen molar-refractivity contribution >= 4 is 35.7 Å². The zero-order valence-electron chi connectivity index (χ0n) is 14.6. The molecule has 0 aliphatic rings. The summed E-state index contributed by atoms with van der Waals surface area (Å²) in [7, 11) is 0. The quantitative estimate of drug-likeness (QED) is 0.258. The molecule has 0 saturated heterocycles. The van der Waals surface area contributed by atoms with Crippen LogP contribution in [-0.2, 0) is 0 Å². The lowest BCUT2D eigenvalue weighted by atomic mass is 10.2. The fourth-order valence-corrected chi connectivity index (χ4v) is 2.69. The minimum absolute atomic E-state index is 0.0825. The van der Waals surface area contributed by atoms with Crippen molar-refractivity contribution in [2.75, 3.05) is 12.1 Å². The molecule has 3 rings (SSSR count). The van der Waals surface area contributed by atoms with E-state index in [2.05, 4.69) is 20.8 Å². The van der Waals surface area contributed by atoms with Gasteiger partial charge in [0.2, 0.25) is 4.77 Å². The first-order valence-electron chi connectivity index (χ1n) is 8.13. The minimum atomic E-state index is -0.503. The minimum Gasteiger partial charge on any atom is -0.494 e. The first-order valence-corrected chi connectivity index (χ1v) is 8.92. The van der Waals surface area contributed by atoms with Crippen LogP contribution in [0.1, 0.15) is 12.5 Å². The lowest BCUT2D eigenvalue weighted by Gasteiger charge is -2.07. The SMILES string of the molecule is CCOc1ccc(-c2n[nH]c(=S)n2N/N=C\c2cc([N+](=O)[O-])ccc2Cl)cc1. The number of aromatic amines is 1.